The van der Waals surface area contributed by atoms with Crippen molar-refractivity contribution < 1.29 is 0 Å². The summed E-state index contributed by atoms with van der Waals surface area (Å²) in [5.41, 5.74) is 2.22. The summed E-state index contributed by atoms with van der Waals surface area (Å²) >= 11 is 0. The molecule has 19 heavy (non-hydrogen) atoms. The van der Waals surface area contributed by atoms with Gasteiger partial charge in [0.2, 0.25) is 5.95 Å². The minimum absolute atomic E-state index is 0.638. The number of anilines is 3. The van der Waals surface area contributed by atoms with Gasteiger partial charge in [-0.15, -0.1) is 0 Å². The Morgan fingerprint density at radius 3 is 3.00 bits per heavy atom. The highest BCUT2D eigenvalue weighted by molar-refractivity contribution is 5.59. The van der Waals surface area contributed by atoms with Crippen molar-refractivity contribution in [1.82, 2.24) is 20.3 Å². The standard InChI is InChI=1S/C13H16N6/c1-14-13-17-10-5-7-15-8-9(10)12(19-13)18-11-4-2-3-6-16-11/h2-4,6,15H,5,7-8H2,1H3,(H2,14,16,17,18,19). The van der Waals surface area contributed by atoms with E-state index in [2.05, 4.69) is 30.9 Å². The van der Waals surface area contributed by atoms with Gasteiger partial charge in [0.05, 0.1) is 5.69 Å². The number of rotatable bonds is 3. The summed E-state index contributed by atoms with van der Waals surface area (Å²) in [5, 5.41) is 9.61. The molecule has 0 amide bonds. The van der Waals surface area contributed by atoms with Crippen LogP contribution < -0.4 is 16.0 Å². The quantitative estimate of drug-likeness (QED) is 0.768. The highest BCUT2D eigenvalue weighted by Gasteiger charge is 2.17. The normalized spacial score (nSPS) is 13.7. The molecule has 6 heteroatoms. The zero-order chi connectivity index (χ0) is 13.1. The van der Waals surface area contributed by atoms with Crippen molar-refractivity contribution in [3.8, 4) is 0 Å². The molecule has 0 spiro atoms. The molecule has 1 aliphatic rings. The zero-order valence-corrected chi connectivity index (χ0v) is 10.8. The first-order valence-electron chi connectivity index (χ1n) is 6.33. The van der Waals surface area contributed by atoms with Crippen molar-refractivity contribution in [1.29, 1.82) is 0 Å². The summed E-state index contributed by atoms with van der Waals surface area (Å²) in [4.78, 5) is 13.3. The van der Waals surface area contributed by atoms with E-state index in [4.69, 9.17) is 0 Å². The zero-order valence-electron chi connectivity index (χ0n) is 10.8. The SMILES string of the molecule is CNc1nc2c(c(Nc3ccccn3)n1)CNCC2. The average Bonchev–Trinajstić information content (AvgIpc) is 2.48. The second-order valence-corrected chi connectivity index (χ2v) is 4.34. The minimum Gasteiger partial charge on any atom is -0.357 e. The summed E-state index contributed by atoms with van der Waals surface area (Å²) in [6, 6.07) is 5.76. The van der Waals surface area contributed by atoms with Crippen LogP contribution >= 0.6 is 0 Å². The average molecular weight is 256 g/mol. The van der Waals surface area contributed by atoms with E-state index in [1.165, 1.54) is 0 Å². The van der Waals surface area contributed by atoms with Crippen molar-refractivity contribution >= 4 is 17.6 Å². The van der Waals surface area contributed by atoms with Crippen LogP contribution in [0.2, 0.25) is 0 Å². The Morgan fingerprint density at radius 1 is 1.26 bits per heavy atom. The Morgan fingerprint density at radius 2 is 2.21 bits per heavy atom. The molecule has 2 aromatic heterocycles. The van der Waals surface area contributed by atoms with Crippen molar-refractivity contribution in [2.24, 2.45) is 0 Å². The Kier molecular flexibility index (Phi) is 3.24. The molecule has 1 aliphatic heterocycles. The van der Waals surface area contributed by atoms with Gasteiger partial charge in [-0.1, -0.05) is 6.07 Å². The number of fused-ring (bicyclic) bond motifs is 1. The molecule has 0 atom stereocenters. The topological polar surface area (TPSA) is 74.8 Å². The van der Waals surface area contributed by atoms with Gasteiger partial charge in [-0.25, -0.2) is 9.97 Å². The number of nitrogens with one attached hydrogen (secondary N) is 3. The van der Waals surface area contributed by atoms with E-state index in [9.17, 15) is 0 Å². The Bertz CT molecular complexity index is 569. The summed E-state index contributed by atoms with van der Waals surface area (Å²) in [7, 11) is 1.83. The predicted octanol–water partition coefficient (Wildman–Crippen LogP) is 1.30. The lowest BCUT2D eigenvalue weighted by molar-refractivity contribution is 0.628. The van der Waals surface area contributed by atoms with Crippen LogP contribution in [-0.2, 0) is 13.0 Å². The second kappa shape index (κ2) is 5.19. The molecular weight excluding hydrogens is 240 g/mol. The summed E-state index contributed by atoms with van der Waals surface area (Å²) in [6.45, 7) is 1.74. The number of hydrogen-bond donors (Lipinski definition) is 3. The van der Waals surface area contributed by atoms with Crippen molar-refractivity contribution in [3.05, 3.63) is 35.7 Å². The van der Waals surface area contributed by atoms with E-state index in [-0.39, 0.29) is 0 Å². The van der Waals surface area contributed by atoms with Gasteiger partial charge < -0.3 is 16.0 Å². The molecule has 0 aromatic carbocycles. The first-order chi connectivity index (χ1) is 9.36. The van der Waals surface area contributed by atoms with Crippen molar-refractivity contribution in [2.45, 2.75) is 13.0 Å². The van der Waals surface area contributed by atoms with Gasteiger partial charge in [-0.05, 0) is 12.1 Å². The van der Waals surface area contributed by atoms with Crippen LogP contribution in [0.4, 0.5) is 17.6 Å². The molecule has 0 radical (unpaired) electrons. The molecule has 0 aliphatic carbocycles. The van der Waals surface area contributed by atoms with E-state index in [0.717, 1.165) is 42.4 Å². The van der Waals surface area contributed by atoms with Crippen LogP contribution in [0.25, 0.3) is 0 Å². The summed E-state index contributed by atoms with van der Waals surface area (Å²) in [6.07, 6.45) is 2.68. The Hall–Kier alpha value is -2.21. The van der Waals surface area contributed by atoms with Gasteiger partial charge in [0, 0.05) is 38.3 Å². The van der Waals surface area contributed by atoms with Crippen LogP contribution in [0.1, 0.15) is 11.3 Å². The molecule has 0 saturated carbocycles. The van der Waals surface area contributed by atoms with Crippen LogP contribution in [0.5, 0.6) is 0 Å². The third kappa shape index (κ3) is 2.48. The van der Waals surface area contributed by atoms with Gasteiger partial charge in [0.15, 0.2) is 0 Å². The molecule has 6 nitrogen and oxygen atoms in total. The lowest BCUT2D eigenvalue weighted by Crippen LogP contribution is -2.26. The maximum absolute atomic E-state index is 4.51. The van der Waals surface area contributed by atoms with Crippen LogP contribution in [-0.4, -0.2) is 28.5 Å². The fourth-order valence-corrected chi connectivity index (χ4v) is 2.12. The van der Waals surface area contributed by atoms with Gasteiger partial charge in [-0.2, -0.15) is 4.98 Å². The molecule has 0 unspecified atom stereocenters. The molecular formula is C13H16N6. The number of hydrogen-bond acceptors (Lipinski definition) is 6. The maximum atomic E-state index is 4.51. The Balaban J connectivity index is 1.99. The van der Waals surface area contributed by atoms with Gasteiger partial charge >= 0.3 is 0 Å². The predicted molar refractivity (Wildman–Crippen MR) is 74.5 cm³/mol. The number of nitrogens with zero attached hydrogens (tertiary/aromatic N) is 3. The minimum atomic E-state index is 0.638. The third-order valence-electron chi connectivity index (χ3n) is 3.07. The highest BCUT2D eigenvalue weighted by Crippen LogP contribution is 2.23. The molecule has 98 valence electrons. The second-order valence-electron chi connectivity index (χ2n) is 4.34. The number of pyridine rings is 1. The lowest BCUT2D eigenvalue weighted by Gasteiger charge is -2.20. The smallest absolute Gasteiger partial charge is 0.224 e. The van der Waals surface area contributed by atoms with E-state index in [1.54, 1.807) is 6.20 Å². The molecule has 2 aromatic rings. The summed E-state index contributed by atoms with van der Waals surface area (Å²) in [5.74, 6) is 2.25. The number of aromatic nitrogens is 3. The van der Waals surface area contributed by atoms with E-state index in [0.29, 0.717) is 5.95 Å². The first-order valence-corrected chi connectivity index (χ1v) is 6.33. The van der Waals surface area contributed by atoms with Crippen LogP contribution in [0, 0.1) is 0 Å². The molecule has 3 rings (SSSR count). The van der Waals surface area contributed by atoms with E-state index >= 15 is 0 Å². The molecule has 3 heterocycles. The fraction of sp³-hybridized carbons (Fsp3) is 0.308. The van der Waals surface area contributed by atoms with Gasteiger partial charge in [0.1, 0.15) is 11.6 Å². The van der Waals surface area contributed by atoms with E-state index in [1.807, 2.05) is 25.2 Å². The lowest BCUT2D eigenvalue weighted by atomic mass is 10.1. The van der Waals surface area contributed by atoms with E-state index < -0.39 is 0 Å². The Labute approximate surface area is 111 Å². The highest BCUT2D eigenvalue weighted by atomic mass is 15.2. The van der Waals surface area contributed by atoms with Crippen LogP contribution in [0.15, 0.2) is 24.4 Å². The molecule has 0 fully saturated rings. The first kappa shape index (κ1) is 11.9. The third-order valence-corrected chi connectivity index (χ3v) is 3.07. The van der Waals surface area contributed by atoms with Crippen LogP contribution in [0.3, 0.4) is 0 Å². The van der Waals surface area contributed by atoms with Crippen molar-refractivity contribution in [3.63, 3.8) is 0 Å². The summed E-state index contributed by atoms with van der Waals surface area (Å²) < 4.78 is 0. The molecule has 3 N–H and O–H groups in total. The fourth-order valence-electron chi connectivity index (χ4n) is 2.12. The monoisotopic (exact) mass is 256 g/mol. The molecule has 0 bridgehead atoms. The maximum Gasteiger partial charge on any atom is 0.224 e. The largest absolute Gasteiger partial charge is 0.357 e. The van der Waals surface area contributed by atoms with Gasteiger partial charge in [0.25, 0.3) is 0 Å². The van der Waals surface area contributed by atoms with Gasteiger partial charge in [-0.3, -0.25) is 0 Å². The van der Waals surface area contributed by atoms with Crippen molar-refractivity contribution in [2.75, 3.05) is 24.2 Å². The molecule has 0 saturated heterocycles.